The summed E-state index contributed by atoms with van der Waals surface area (Å²) in [5.74, 6) is -0.163. The van der Waals surface area contributed by atoms with Crippen molar-refractivity contribution in [3.63, 3.8) is 0 Å². The Morgan fingerprint density at radius 1 is 1.18 bits per heavy atom. The van der Waals surface area contributed by atoms with Crippen molar-refractivity contribution in [2.75, 3.05) is 5.32 Å². The zero-order valence-corrected chi connectivity index (χ0v) is 17.2. The Kier molecular flexibility index (Phi) is 6.02. The van der Waals surface area contributed by atoms with Gasteiger partial charge in [0, 0.05) is 11.1 Å². The van der Waals surface area contributed by atoms with Crippen LogP contribution in [0.2, 0.25) is 0 Å². The van der Waals surface area contributed by atoms with Gasteiger partial charge >= 0.3 is 0 Å². The number of aromatic nitrogens is 1. The van der Waals surface area contributed by atoms with Crippen LogP contribution in [0.4, 0.5) is 5.69 Å². The molecule has 1 atom stereocenters. The number of nitrogens with two attached hydrogens (primary N) is 1. The fourth-order valence-electron chi connectivity index (χ4n) is 2.80. The maximum atomic E-state index is 12.7. The number of anilines is 1. The van der Waals surface area contributed by atoms with Crippen molar-refractivity contribution in [3.8, 4) is 0 Å². The molecule has 146 valence electrons. The highest BCUT2D eigenvalue weighted by molar-refractivity contribution is 8.00. The summed E-state index contributed by atoms with van der Waals surface area (Å²) in [6, 6.07) is 15.7. The van der Waals surface area contributed by atoms with Crippen molar-refractivity contribution in [2.45, 2.75) is 35.4 Å². The third-order valence-corrected chi connectivity index (χ3v) is 6.49. The van der Waals surface area contributed by atoms with E-state index < -0.39 is 10.0 Å². The van der Waals surface area contributed by atoms with Crippen LogP contribution in [-0.2, 0) is 14.8 Å². The molecule has 3 rings (SSSR count). The number of carbonyl (C=O) groups is 1. The van der Waals surface area contributed by atoms with Gasteiger partial charge in [-0.05, 0) is 55.3 Å². The molecule has 3 N–H and O–H groups in total. The molecule has 2 aromatic carbocycles. The number of carbonyl (C=O) groups excluding carboxylic acids is 1. The van der Waals surface area contributed by atoms with Crippen LogP contribution < -0.4 is 10.5 Å². The summed E-state index contributed by atoms with van der Waals surface area (Å²) in [5, 5.41) is 9.47. The molecule has 3 aromatic rings. The van der Waals surface area contributed by atoms with Crippen LogP contribution in [0.3, 0.4) is 0 Å². The van der Waals surface area contributed by atoms with Gasteiger partial charge in [0.1, 0.15) is 0 Å². The van der Waals surface area contributed by atoms with Crippen molar-refractivity contribution < 1.29 is 13.2 Å². The molecule has 1 heterocycles. The molecule has 0 radical (unpaired) electrons. The lowest BCUT2D eigenvalue weighted by molar-refractivity contribution is -0.115. The van der Waals surface area contributed by atoms with Crippen LogP contribution in [0.25, 0.3) is 10.9 Å². The van der Waals surface area contributed by atoms with E-state index in [0.29, 0.717) is 12.1 Å². The van der Waals surface area contributed by atoms with Gasteiger partial charge in [-0.3, -0.25) is 4.79 Å². The number of nitrogens with zero attached hydrogens (tertiary/aromatic N) is 1. The summed E-state index contributed by atoms with van der Waals surface area (Å²) < 4.78 is 22.6. The quantitative estimate of drug-likeness (QED) is 0.598. The summed E-state index contributed by atoms with van der Waals surface area (Å²) in [6.07, 6.45) is 0.624. The van der Waals surface area contributed by atoms with Crippen molar-refractivity contribution in [2.24, 2.45) is 5.14 Å². The van der Waals surface area contributed by atoms with E-state index in [4.69, 9.17) is 5.14 Å². The number of sulfonamides is 1. The zero-order chi connectivity index (χ0) is 20.3. The van der Waals surface area contributed by atoms with Crippen LogP contribution in [-0.4, -0.2) is 24.6 Å². The Morgan fingerprint density at radius 2 is 1.86 bits per heavy atom. The molecule has 0 bridgehead atoms. The van der Waals surface area contributed by atoms with Gasteiger partial charge in [0.05, 0.1) is 20.7 Å². The first kappa shape index (κ1) is 20.3. The smallest absolute Gasteiger partial charge is 0.238 e. The van der Waals surface area contributed by atoms with Crippen molar-refractivity contribution >= 4 is 44.3 Å². The van der Waals surface area contributed by atoms with Gasteiger partial charge in [0.2, 0.25) is 15.9 Å². The number of thioether (sulfide) groups is 1. The second kappa shape index (κ2) is 8.30. The number of amides is 1. The molecule has 0 fully saturated rings. The summed E-state index contributed by atoms with van der Waals surface area (Å²) in [7, 11) is -3.76. The molecule has 6 nitrogen and oxygen atoms in total. The highest BCUT2D eigenvalue weighted by atomic mass is 32.2. The number of aryl methyl sites for hydroxylation is 1. The molecule has 0 saturated carbocycles. The van der Waals surface area contributed by atoms with Gasteiger partial charge < -0.3 is 5.32 Å². The lowest BCUT2D eigenvalue weighted by Gasteiger charge is -2.15. The number of primary sulfonamides is 1. The van der Waals surface area contributed by atoms with Crippen LogP contribution in [0.1, 0.15) is 18.9 Å². The molecule has 0 spiro atoms. The third kappa shape index (κ3) is 4.70. The summed E-state index contributed by atoms with van der Waals surface area (Å²) >= 11 is 1.41. The number of hydrogen-bond donors (Lipinski definition) is 2. The molecule has 1 amide bonds. The van der Waals surface area contributed by atoms with Crippen LogP contribution >= 0.6 is 11.8 Å². The van der Waals surface area contributed by atoms with Crippen LogP contribution in [0.15, 0.2) is 64.5 Å². The standard InChI is InChI=1S/C20H21N3O3S2/c1-3-18(20(24)22-14-8-10-15(11-9-14)28(21,25)26)27-19-12-13(2)16-6-4-5-7-17(16)23-19/h4-12,18H,3H2,1-2H3,(H,22,24)(H2,21,25,26). The minimum atomic E-state index is -3.76. The topological polar surface area (TPSA) is 102 Å². The van der Waals surface area contributed by atoms with Crippen molar-refractivity contribution in [1.82, 2.24) is 4.98 Å². The Labute approximate surface area is 168 Å². The second-order valence-electron chi connectivity index (χ2n) is 6.37. The first-order chi connectivity index (χ1) is 13.3. The maximum Gasteiger partial charge on any atom is 0.238 e. The van der Waals surface area contributed by atoms with Gasteiger partial charge in [-0.1, -0.05) is 36.9 Å². The molecule has 1 aromatic heterocycles. The fraction of sp³-hybridized carbons (Fsp3) is 0.200. The molecular formula is C20H21N3O3S2. The molecule has 8 heteroatoms. The third-order valence-electron chi connectivity index (χ3n) is 4.28. The fourth-order valence-corrected chi connectivity index (χ4v) is 4.33. The highest BCUT2D eigenvalue weighted by Crippen LogP contribution is 2.29. The molecular weight excluding hydrogens is 394 g/mol. The first-order valence-corrected chi connectivity index (χ1v) is 11.2. The Hall–Kier alpha value is -2.42. The van der Waals surface area contributed by atoms with Gasteiger partial charge in [0.15, 0.2) is 0 Å². The lowest BCUT2D eigenvalue weighted by Crippen LogP contribution is -2.24. The van der Waals surface area contributed by atoms with Crippen LogP contribution in [0, 0.1) is 6.92 Å². The zero-order valence-electron chi connectivity index (χ0n) is 15.5. The van der Waals surface area contributed by atoms with E-state index in [1.54, 1.807) is 0 Å². The van der Waals surface area contributed by atoms with E-state index in [1.807, 2.05) is 44.2 Å². The monoisotopic (exact) mass is 415 g/mol. The summed E-state index contributed by atoms with van der Waals surface area (Å²) in [5.41, 5.74) is 2.53. The average Bonchev–Trinajstić information content (AvgIpc) is 2.66. The molecule has 28 heavy (non-hydrogen) atoms. The number of pyridine rings is 1. The predicted molar refractivity (Wildman–Crippen MR) is 113 cm³/mol. The molecule has 0 aliphatic carbocycles. The normalized spacial score (nSPS) is 12.7. The average molecular weight is 416 g/mol. The van der Waals surface area contributed by atoms with Gasteiger partial charge in [-0.15, -0.1) is 0 Å². The van der Waals surface area contributed by atoms with E-state index in [2.05, 4.69) is 10.3 Å². The van der Waals surface area contributed by atoms with E-state index in [1.165, 1.54) is 36.0 Å². The van der Waals surface area contributed by atoms with Gasteiger partial charge in [-0.25, -0.2) is 18.5 Å². The Bertz CT molecular complexity index is 1110. The molecule has 1 unspecified atom stereocenters. The molecule has 0 aliphatic heterocycles. The predicted octanol–water partition coefficient (Wildman–Crippen LogP) is 3.70. The van der Waals surface area contributed by atoms with Crippen molar-refractivity contribution in [1.29, 1.82) is 0 Å². The van der Waals surface area contributed by atoms with Gasteiger partial charge in [0.25, 0.3) is 0 Å². The highest BCUT2D eigenvalue weighted by Gasteiger charge is 2.19. The van der Waals surface area contributed by atoms with E-state index >= 15 is 0 Å². The minimum absolute atomic E-state index is 0.00255. The molecule has 0 aliphatic rings. The molecule has 0 saturated heterocycles. The number of para-hydroxylation sites is 1. The van der Waals surface area contributed by atoms with E-state index in [0.717, 1.165) is 21.5 Å². The first-order valence-electron chi connectivity index (χ1n) is 8.74. The second-order valence-corrected chi connectivity index (χ2v) is 9.15. The summed E-state index contributed by atoms with van der Waals surface area (Å²) in [4.78, 5) is 17.3. The van der Waals surface area contributed by atoms with E-state index in [-0.39, 0.29) is 16.1 Å². The number of hydrogen-bond acceptors (Lipinski definition) is 5. The lowest BCUT2D eigenvalue weighted by atomic mass is 10.1. The Balaban J connectivity index is 1.75. The SMILES string of the molecule is CCC(Sc1cc(C)c2ccccc2n1)C(=O)Nc1ccc(S(N)(=O)=O)cc1. The summed E-state index contributed by atoms with van der Waals surface area (Å²) in [6.45, 7) is 3.97. The van der Waals surface area contributed by atoms with E-state index in [9.17, 15) is 13.2 Å². The minimum Gasteiger partial charge on any atom is -0.325 e. The number of fused-ring (bicyclic) bond motifs is 1. The number of benzene rings is 2. The Morgan fingerprint density at radius 3 is 2.50 bits per heavy atom. The largest absolute Gasteiger partial charge is 0.325 e. The number of rotatable bonds is 6. The number of nitrogens with one attached hydrogen (secondary N) is 1. The van der Waals surface area contributed by atoms with Crippen molar-refractivity contribution in [3.05, 3.63) is 60.2 Å². The van der Waals surface area contributed by atoms with Gasteiger partial charge in [-0.2, -0.15) is 0 Å². The van der Waals surface area contributed by atoms with Crippen LogP contribution in [0.5, 0.6) is 0 Å². The maximum absolute atomic E-state index is 12.7.